The Morgan fingerprint density at radius 2 is 1.64 bits per heavy atom. The summed E-state index contributed by atoms with van der Waals surface area (Å²) in [6.45, 7) is 5.27. The number of nitrogens with zero attached hydrogens (tertiary/aromatic N) is 1. The number of hydrogen-bond acceptors (Lipinski definition) is 4. The molecule has 5 heteroatoms. The molecule has 0 fully saturated rings. The Morgan fingerprint density at radius 1 is 1.05 bits per heavy atom. The van der Waals surface area contributed by atoms with Crippen molar-refractivity contribution in [1.29, 1.82) is 0 Å². The molecule has 116 valence electrons. The van der Waals surface area contributed by atoms with Crippen LogP contribution in [0.2, 0.25) is 0 Å². The minimum Gasteiger partial charge on any atom is -0.493 e. The molecule has 0 atom stereocenters. The summed E-state index contributed by atoms with van der Waals surface area (Å²) in [5.74, 6) is -0.224. The monoisotopic (exact) mass is 303 g/mol. The van der Waals surface area contributed by atoms with Gasteiger partial charge in [-0.1, -0.05) is 0 Å². The SMILES string of the molecule is COc1cc(C)c(C(=O)c2c(F)ncc(C)c2C)cc1OC. The maximum Gasteiger partial charge on any atom is 0.224 e. The summed E-state index contributed by atoms with van der Waals surface area (Å²) in [4.78, 5) is 16.4. The number of ketones is 1. The number of carbonyl (C=O) groups excluding carboxylic acids is 1. The highest BCUT2D eigenvalue weighted by molar-refractivity contribution is 6.11. The zero-order valence-corrected chi connectivity index (χ0v) is 13.3. The van der Waals surface area contributed by atoms with Crippen molar-refractivity contribution in [1.82, 2.24) is 4.98 Å². The van der Waals surface area contributed by atoms with Crippen LogP contribution >= 0.6 is 0 Å². The van der Waals surface area contributed by atoms with Crippen molar-refractivity contribution < 1.29 is 18.7 Å². The lowest BCUT2D eigenvalue weighted by atomic mass is 9.95. The van der Waals surface area contributed by atoms with Crippen LogP contribution in [0.15, 0.2) is 18.3 Å². The van der Waals surface area contributed by atoms with E-state index in [0.717, 1.165) is 5.56 Å². The van der Waals surface area contributed by atoms with E-state index in [9.17, 15) is 9.18 Å². The molecule has 0 saturated carbocycles. The second-order valence-corrected chi connectivity index (χ2v) is 5.08. The Morgan fingerprint density at radius 3 is 2.23 bits per heavy atom. The third kappa shape index (κ3) is 2.66. The van der Waals surface area contributed by atoms with Gasteiger partial charge in [0.25, 0.3) is 0 Å². The molecule has 0 aliphatic rings. The van der Waals surface area contributed by atoms with Crippen molar-refractivity contribution in [3.05, 3.63) is 52.1 Å². The van der Waals surface area contributed by atoms with Gasteiger partial charge in [0.15, 0.2) is 17.3 Å². The van der Waals surface area contributed by atoms with E-state index >= 15 is 0 Å². The fraction of sp³-hybridized carbons (Fsp3) is 0.294. The van der Waals surface area contributed by atoms with Gasteiger partial charge in [-0.25, -0.2) is 4.98 Å². The minimum atomic E-state index is -0.762. The van der Waals surface area contributed by atoms with E-state index < -0.39 is 11.7 Å². The third-order valence-corrected chi connectivity index (χ3v) is 3.75. The van der Waals surface area contributed by atoms with E-state index in [1.165, 1.54) is 20.4 Å². The van der Waals surface area contributed by atoms with Crippen molar-refractivity contribution in [2.24, 2.45) is 0 Å². The number of halogens is 1. The number of methoxy groups -OCH3 is 2. The number of hydrogen-bond donors (Lipinski definition) is 0. The largest absolute Gasteiger partial charge is 0.493 e. The highest BCUT2D eigenvalue weighted by atomic mass is 19.1. The number of rotatable bonds is 4. The number of benzene rings is 1. The molecule has 0 N–H and O–H groups in total. The maximum atomic E-state index is 14.0. The smallest absolute Gasteiger partial charge is 0.224 e. The zero-order valence-electron chi connectivity index (χ0n) is 13.3. The molecule has 2 aromatic rings. The van der Waals surface area contributed by atoms with Crippen LogP contribution in [-0.4, -0.2) is 25.0 Å². The van der Waals surface area contributed by atoms with Crippen LogP contribution in [0, 0.1) is 26.7 Å². The van der Waals surface area contributed by atoms with Crippen LogP contribution in [0.4, 0.5) is 4.39 Å². The Labute approximate surface area is 128 Å². The summed E-state index contributed by atoms with van der Waals surface area (Å²) in [5.41, 5.74) is 2.40. The van der Waals surface area contributed by atoms with Crippen molar-refractivity contribution in [2.45, 2.75) is 20.8 Å². The van der Waals surface area contributed by atoms with Crippen molar-refractivity contribution >= 4 is 5.78 Å². The second-order valence-electron chi connectivity index (χ2n) is 5.08. The number of aryl methyl sites for hydroxylation is 2. The van der Waals surface area contributed by atoms with Crippen LogP contribution < -0.4 is 9.47 Å². The van der Waals surface area contributed by atoms with Gasteiger partial charge in [0.05, 0.1) is 19.8 Å². The number of aromatic nitrogens is 1. The fourth-order valence-corrected chi connectivity index (χ4v) is 2.29. The van der Waals surface area contributed by atoms with Crippen molar-refractivity contribution in [3.63, 3.8) is 0 Å². The van der Waals surface area contributed by atoms with E-state index in [0.29, 0.717) is 28.2 Å². The van der Waals surface area contributed by atoms with Crippen molar-refractivity contribution in [3.8, 4) is 11.5 Å². The van der Waals surface area contributed by atoms with Gasteiger partial charge in [-0.2, -0.15) is 4.39 Å². The van der Waals surface area contributed by atoms with E-state index in [1.54, 1.807) is 32.9 Å². The minimum absolute atomic E-state index is 0.00433. The summed E-state index contributed by atoms with van der Waals surface area (Å²) in [6, 6.07) is 3.26. The summed E-state index contributed by atoms with van der Waals surface area (Å²) in [7, 11) is 3.01. The molecular formula is C17H18FNO3. The molecule has 0 aliphatic heterocycles. The molecular weight excluding hydrogens is 285 g/mol. The first-order valence-corrected chi connectivity index (χ1v) is 6.79. The first-order valence-electron chi connectivity index (χ1n) is 6.79. The average molecular weight is 303 g/mol. The molecule has 22 heavy (non-hydrogen) atoms. The molecule has 0 spiro atoms. The highest BCUT2D eigenvalue weighted by Gasteiger charge is 2.22. The summed E-state index contributed by atoms with van der Waals surface area (Å²) in [5, 5.41) is 0. The molecule has 0 saturated heterocycles. The molecule has 1 aromatic heterocycles. The topological polar surface area (TPSA) is 48.4 Å². The van der Waals surface area contributed by atoms with Crippen LogP contribution in [-0.2, 0) is 0 Å². The van der Waals surface area contributed by atoms with Crippen LogP contribution in [0.3, 0.4) is 0 Å². The van der Waals surface area contributed by atoms with Gasteiger partial charge in [0.2, 0.25) is 5.95 Å². The Hall–Kier alpha value is -2.43. The lowest BCUT2D eigenvalue weighted by molar-refractivity contribution is 0.103. The van der Waals surface area contributed by atoms with Gasteiger partial charge in [0, 0.05) is 11.8 Å². The fourth-order valence-electron chi connectivity index (χ4n) is 2.29. The molecule has 0 amide bonds. The Kier molecular flexibility index (Phi) is 4.45. The predicted octanol–water partition coefficient (Wildman–Crippen LogP) is 3.39. The lowest BCUT2D eigenvalue weighted by Gasteiger charge is -2.14. The van der Waals surface area contributed by atoms with Gasteiger partial charge in [0.1, 0.15) is 0 Å². The van der Waals surface area contributed by atoms with E-state index in [2.05, 4.69) is 4.98 Å². The standard InChI is InChI=1S/C17H18FNO3/c1-9-6-13(21-4)14(22-5)7-12(9)16(20)15-11(3)10(2)8-19-17(15)18/h6-8H,1-5H3. The van der Waals surface area contributed by atoms with Crippen molar-refractivity contribution in [2.75, 3.05) is 14.2 Å². The molecule has 0 bridgehead atoms. The molecule has 1 heterocycles. The number of pyridine rings is 1. The van der Waals surface area contributed by atoms with Gasteiger partial charge in [-0.15, -0.1) is 0 Å². The van der Waals surface area contributed by atoms with Gasteiger partial charge in [-0.05, 0) is 49.6 Å². The number of carbonyl (C=O) groups is 1. The van der Waals surface area contributed by atoms with Gasteiger partial charge >= 0.3 is 0 Å². The molecule has 0 radical (unpaired) electrons. The Balaban J connectivity index is 2.62. The summed E-state index contributed by atoms with van der Waals surface area (Å²) in [6.07, 6.45) is 1.42. The summed E-state index contributed by atoms with van der Waals surface area (Å²) < 4.78 is 24.5. The number of ether oxygens (including phenoxy) is 2. The van der Waals surface area contributed by atoms with Gasteiger partial charge < -0.3 is 9.47 Å². The first-order chi connectivity index (χ1) is 10.4. The van der Waals surface area contributed by atoms with Crippen LogP contribution in [0.25, 0.3) is 0 Å². The third-order valence-electron chi connectivity index (χ3n) is 3.75. The van der Waals surface area contributed by atoms with Crippen LogP contribution in [0.1, 0.15) is 32.6 Å². The van der Waals surface area contributed by atoms with E-state index in [-0.39, 0.29) is 5.56 Å². The average Bonchev–Trinajstić information content (AvgIpc) is 2.50. The zero-order chi connectivity index (χ0) is 16.4. The van der Waals surface area contributed by atoms with Crippen LogP contribution in [0.5, 0.6) is 11.5 Å². The molecule has 4 nitrogen and oxygen atoms in total. The normalized spacial score (nSPS) is 10.5. The lowest BCUT2D eigenvalue weighted by Crippen LogP contribution is -2.11. The molecule has 0 aliphatic carbocycles. The quantitative estimate of drug-likeness (QED) is 0.641. The molecule has 1 aromatic carbocycles. The highest BCUT2D eigenvalue weighted by Crippen LogP contribution is 2.32. The Bertz CT molecular complexity index is 741. The van der Waals surface area contributed by atoms with E-state index in [1.807, 2.05) is 0 Å². The summed E-state index contributed by atoms with van der Waals surface area (Å²) >= 11 is 0. The molecule has 2 rings (SSSR count). The molecule has 0 unspecified atom stereocenters. The first kappa shape index (κ1) is 15.9. The predicted molar refractivity (Wildman–Crippen MR) is 81.4 cm³/mol. The second kappa shape index (κ2) is 6.13. The van der Waals surface area contributed by atoms with Gasteiger partial charge in [-0.3, -0.25) is 4.79 Å². The van der Waals surface area contributed by atoms with E-state index in [4.69, 9.17) is 9.47 Å². The maximum absolute atomic E-state index is 14.0.